The third-order valence-corrected chi connectivity index (χ3v) is 4.35. The number of anilines is 1. The van der Waals surface area contributed by atoms with Gasteiger partial charge in [-0.15, -0.1) is 11.3 Å². The fourth-order valence-electron chi connectivity index (χ4n) is 2.57. The average molecular weight is 297 g/mol. The highest BCUT2D eigenvalue weighted by Crippen LogP contribution is 2.38. The summed E-state index contributed by atoms with van der Waals surface area (Å²) in [6.07, 6.45) is 1.63. The van der Waals surface area contributed by atoms with Crippen LogP contribution >= 0.6 is 11.3 Å². The highest BCUT2D eigenvalue weighted by molar-refractivity contribution is 7.17. The van der Waals surface area contributed by atoms with E-state index in [0.717, 1.165) is 16.0 Å². The quantitative estimate of drug-likeness (QED) is 0.755. The molecular formula is C17H19N3S. The number of fused-ring (bicyclic) bond motifs is 1. The van der Waals surface area contributed by atoms with Crippen LogP contribution in [-0.4, -0.2) is 16.0 Å². The molecule has 0 aliphatic rings. The molecule has 2 aromatic heterocycles. The maximum Gasteiger partial charge on any atom is 0.139 e. The zero-order valence-electron chi connectivity index (χ0n) is 12.8. The molecule has 1 N–H and O–H groups in total. The van der Waals surface area contributed by atoms with Gasteiger partial charge in [-0.2, -0.15) is 0 Å². The Morgan fingerprint density at radius 2 is 1.90 bits per heavy atom. The number of nitrogens with zero attached hydrogens (tertiary/aromatic N) is 2. The van der Waals surface area contributed by atoms with Crippen LogP contribution in [0.4, 0.5) is 5.82 Å². The predicted molar refractivity (Wildman–Crippen MR) is 91.1 cm³/mol. The van der Waals surface area contributed by atoms with Gasteiger partial charge in [0, 0.05) is 17.0 Å². The first kappa shape index (κ1) is 14.0. The minimum Gasteiger partial charge on any atom is -0.367 e. The van der Waals surface area contributed by atoms with Crippen LogP contribution in [0.25, 0.3) is 21.3 Å². The normalized spacial score (nSPS) is 11.3. The summed E-state index contributed by atoms with van der Waals surface area (Å²) in [6.45, 7) is 8.52. The van der Waals surface area contributed by atoms with Gasteiger partial charge in [0.05, 0.1) is 5.39 Å². The van der Waals surface area contributed by atoms with Gasteiger partial charge in [-0.05, 0) is 38.8 Å². The van der Waals surface area contributed by atoms with E-state index in [2.05, 4.69) is 66.6 Å². The van der Waals surface area contributed by atoms with Crippen molar-refractivity contribution in [1.29, 1.82) is 0 Å². The average Bonchev–Trinajstić information content (AvgIpc) is 2.83. The molecule has 0 aliphatic heterocycles. The summed E-state index contributed by atoms with van der Waals surface area (Å²) in [6, 6.07) is 6.91. The van der Waals surface area contributed by atoms with Crippen LogP contribution < -0.4 is 5.32 Å². The molecule has 2 heterocycles. The second-order valence-corrected chi connectivity index (χ2v) is 6.53. The van der Waals surface area contributed by atoms with Crippen LogP contribution in [0.2, 0.25) is 0 Å². The molecule has 0 aliphatic carbocycles. The zero-order chi connectivity index (χ0) is 15.0. The lowest BCUT2D eigenvalue weighted by Gasteiger charge is -2.12. The van der Waals surface area contributed by atoms with Gasteiger partial charge < -0.3 is 5.32 Å². The molecule has 0 unspecified atom stereocenters. The number of thiophene rings is 1. The number of hydrogen-bond donors (Lipinski definition) is 1. The van der Waals surface area contributed by atoms with Gasteiger partial charge >= 0.3 is 0 Å². The number of hydrogen-bond acceptors (Lipinski definition) is 4. The molecule has 0 spiro atoms. The number of benzene rings is 1. The van der Waals surface area contributed by atoms with E-state index in [1.807, 2.05) is 0 Å². The van der Waals surface area contributed by atoms with Crippen molar-refractivity contribution < 1.29 is 0 Å². The van der Waals surface area contributed by atoms with Crippen LogP contribution in [-0.2, 0) is 0 Å². The van der Waals surface area contributed by atoms with Gasteiger partial charge in [0.1, 0.15) is 17.0 Å². The molecule has 3 rings (SSSR count). The van der Waals surface area contributed by atoms with Crippen LogP contribution in [0.5, 0.6) is 0 Å². The van der Waals surface area contributed by atoms with Gasteiger partial charge in [0.25, 0.3) is 0 Å². The van der Waals surface area contributed by atoms with E-state index in [4.69, 9.17) is 0 Å². The monoisotopic (exact) mass is 297 g/mol. The van der Waals surface area contributed by atoms with Crippen molar-refractivity contribution in [2.24, 2.45) is 0 Å². The summed E-state index contributed by atoms with van der Waals surface area (Å²) in [5, 5.41) is 6.74. The first-order valence-electron chi connectivity index (χ1n) is 7.12. The van der Waals surface area contributed by atoms with Gasteiger partial charge in [-0.1, -0.05) is 23.8 Å². The van der Waals surface area contributed by atoms with E-state index in [-0.39, 0.29) is 0 Å². The smallest absolute Gasteiger partial charge is 0.139 e. The second kappa shape index (κ2) is 5.45. The van der Waals surface area contributed by atoms with Crippen molar-refractivity contribution in [2.45, 2.75) is 33.7 Å². The predicted octanol–water partition coefficient (Wildman–Crippen LogP) is 4.80. The van der Waals surface area contributed by atoms with Gasteiger partial charge in [-0.25, -0.2) is 9.97 Å². The van der Waals surface area contributed by atoms with E-state index in [1.165, 1.54) is 22.3 Å². The van der Waals surface area contributed by atoms with Crippen molar-refractivity contribution >= 4 is 27.4 Å². The molecule has 108 valence electrons. The standard InChI is InChI=1S/C17H19N3S/c1-10(2)20-16-15-14(8-21-17(15)19-9-18-16)13-6-5-11(3)7-12(13)4/h5-10H,1-4H3,(H,18,19,20). The van der Waals surface area contributed by atoms with Crippen molar-refractivity contribution in [3.8, 4) is 11.1 Å². The summed E-state index contributed by atoms with van der Waals surface area (Å²) in [4.78, 5) is 9.88. The first-order chi connectivity index (χ1) is 10.1. The summed E-state index contributed by atoms with van der Waals surface area (Å²) in [5.74, 6) is 0.922. The molecule has 0 fully saturated rings. The van der Waals surface area contributed by atoms with Crippen molar-refractivity contribution in [1.82, 2.24) is 9.97 Å². The molecule has 4 heteroatoms. The highest BCUT2D eigenvalue weighted by atomic mass is 32.1. The van der Waals surface area contributed by atoms with E-state index >= 15 is 0 Å². The molecule has 0 saturated carbocycles. The molecular weight excluding hydrogens is 278 g/mol. The Morgan fingerprint density at radius 1 is 1.10 bits per heavy atom. The Kier molecular flexibility index (Phi) is 3.64. The Balaban J connectivity index is 2.23. The number of nitrogens with one attached hydrogen (secondary N) is 1. The molecule has 0 amide bonds. The van der Waals surface area contributed by atoms with Crippen molar-refractivity contribution in [3.63, 3.8) is 0 Å². The third kappa shape index (κ3) is 2.63. The summed E-state index contributed by atoms with van der Waals surface area (Å²) in [5.41, 5.74) is 5.05. The SMILES string of the molecule is Cc1ccc(-c2csc3ncnc(NC(C)C)c23)c(C)c1. The molecule has 0 bridgehead atoms. The van der Waals surface area contributed by atoms with Crippen LogP contribution in [0.1, 0.15) is 25.0 Å². The summed E-state index contributed by atoms with van der Waals surface area (Å²) < 4.78 is 0. The maximum absolute atomic E-state index is 4.44. The number of aryl methyl sites for hydroxylation is 2. The van der Waals surface area contributed by atoms with Crippen molar-refractivity contribution in [2.75, 3.05) is 5.32 Å². The minimum absolute atomic E-state index is 0.343. The van der Waals surface area contributed by atoms with E-state index in [1.54, 1.807) is 17.7 Å². The molecule has 1 aromatic carbocycles. The lowest BCUT2D eigenvalue weighted by molar-refractivity contribution is 0.890. The fraction of sp³-hybridized carbons (Fsp3) is 0.294. The Bertz CT molecular complexity index is 790. The Labute approximate surface area is 129 Å². The molecule has 3 nitrogen and oxygen atoms in total. The van der Waals surface area contributed by atoms with Crippen LogP contribution in [0.15, 0.2) is 29.9 Å². The molecule has 3 aromatic rings. The van der Waals surface area contributed by atoms with Gasteiger partial charge in [0.15, 0.2) is 0 Å². The number of aromatic nitrogens is 2. The zero-order valence-corrected chi connectivity index (χ0v) is 13.6. The lowest BCUT2D eigenvalue weighted by atomic mass is 9.99. The lowest BCUT2D eigenvalue weighted by Crippen LogP contribution is -2.11. The van der Waals surface area contributed by atoms with Crippen molar-refractivity contribution in [3.05, 3.63) is 41.0 Å². The van der Waals surface area contributed by atoms with Crippen LogP contribution in [0, 0.1) is 13.8 Å². The molecule has 21 heavy (non-hydrogen) atoms. The number of rotatable bonds is 3. The van der Waals surface area contributed by atoms with E-state index < -0.39 is 0 Å². The molecule has 0 saturated heterocycles. The fourth-order valence-corrected chi connectivity index (χ4v) is 3.48. The van der Waals surface area contributed by atoms with Gasteiger partial charge in [-0.3, -0.25) is 0 Å². The molecule has 0 radical (unpaired) electrons. The van der Waals surface area contributed by atoms with E-state index in [9.17, 15) is 0 Å². The third-order valence-electron chi connectivity index (χ3n) is 3.47. The largest absolute Gasteiger partial charge is 0.367 e. The summed E-state index contributed by atoms with van der Waals surface area (Å²) in [7, 11) is 0. The second-order valence-electron chi connectivity index (χ2n) is 5.67. The topological polar surface area (TPSA) is 37.8 Å². The van der Waals surface area contributed by atoms with E-state index in [0.29, 0.717) is 6.04 Å². The molecule has 0 atom stereocenters. The van der Waals surface area contributed by atoms with Gasteiger partial charge in [0.2, 0.25) is 0 Å². The highest BCUT2D eigenvalue weighted by Gasteiger charge is 2.14. The van der Waals surface area contributed by atoms with Crippen LogP contribution in [0.3, 0.4) is 0 Å². The summed E-state index contributed by atoms with van der Waals surface area (Å²) >= 11 is 1.67. The Morgan fingerprint density at radius 3 is 2.62 bits per heavy atom. The Hall–Kier alpha value is -1.94. The maximum atomic E-state index is 4.44. The first-order valence-corrected chi connectivity index (χ1v) is 8.00. The minimum atomic E-state index is 0.343.